The number of nitro benzene ring substituents is 2. The third-order valence-electron chi connectivity index (χ3n) is 8.92. The Hall–Kier alpha value is -6.04. The number of non-ortho nitro benzene ring substituents is 2. The van der Waals surface area contributed by atoms with Gasteiger partial charge in [-0.1, -0.05) is 48.5 Å². The van der Waals surface area contributed by atoms with Crippen LogP contribution in [0.3, 0.4) is 0 Å². The van der Waals surface area contributed by atoms with Crippen molar-refractivity contribution in [1.29, 1.82) is 0 Å². The maximum Gasteiger partial charge on any atom is 0.273 e. The normalized spacial score (nSPS) is 20.7. The van der Waals surface area contributed by atoms with Crippen molar-refractivity contribution >= 4 is 34.9 Å². The van der Waals surface area contributed by atoms with Crippen LogP contribution in [0.5, 0.6) is 0 Å². The Morgan fingerprint density at radius 1 is 0.622 bits per heavy atom. The average molecular weight is 603 g/mol. The average Bonchev–Trinajstić information content (AvgIpc) is 3.32. The van der Waals surface area contributed by atoms with Crippen LogP contribution in [-0.4, -0.2) is 49.9 Å². The first-order valence-corrected chi connectivity index (χ1v) is 14.1. The smallest absolute Gasteiger partial charge is 0.273 e. The molecule has 4 aliphatic rings. The van der Waals surface area contributed by atoms with Gasteiger partial charge in [-0.05, 0) is 46.5 Å². The lowest BCUT2D eigenvalue weighted by atomic mass is 9.55. The van der Waals surface area contributed by atoms with Crippen molar-refractivity contribution in [2.24, 2.45) is 11.8 Å². The summed E-state index contributed by atoms with van der Waals surface area (Å²) in [5.41, 5.74) is 3.16. The molecule has 0 radical (unpaired) electrons. The molecule has 0 N–H and O–H groups in total. The monoisotopic (exact) mass is 602 g/mol. The number of rotatable bonds is 7. The van der Waals surface area contributed by atoms with Crippen LogP contribution in [0.15, 0.2) is 97.1 Å². The van der Waals surface area contributed by atoms with E-state index >= 15 is 0 Å². The quantitative estimate of drug-likeness (QED) is 0.128. The summed E-state index contributed by atoms with van der Waals surface area (Å²) in [5, 5.41) is 23.9. The van der Waals surface area contributed by atoms with Crippen molar-refractivity contribution in [2.45, 2.75) is 11.8 Å². The number of amides is 3. The highest BCUT2D eigenvalue weighted by molar-refractivity contribution is 6.11. The Balaban J connectivity index is 1.30. The predicted molar refractivity (Wildman–Crippen MR) is 157 cm³/mol. The lowest BCUT2D eigenvalue weighted by Crippen LogP contribution is -2.52. The van der Waals surface area contributed by atoms with Gasteiger partial charge < -0.3 is 0 Å². The number of imide groups is 1. The molecule has 222 valence electrons. The second-order valence-electron chi connectivity index (χ2n) is 11.1. The van der Waals surface area contributed by atoms with Gasteiger partial charge in [0.1, 0.15) is 6.54 Å². The number of hydrazine groups is 1. The molecule has 1 aliphatic heterocycles. The molecule has 1 heterocycles. The standard InChI is InChI=1S/C33H22N4O8/c38-26(18-9-13-20(14-10-18)36(42)43)17-34(31(39)19-11-15-21(16-12-19)37(44)45)35-32(40)29-27-22-5-1-2-6-23(22)28(30(29)33(35)41)25-8-4-3-7-24(25)27/h1-16,27-30H,17H2/t27?,28?,29-,30-/m1/s1. The van der Waals surface area contributed by atoms with Gasteiger partial charge in [0.25, 0.3) is 29.1 Å². The largest absolute Gasteiger partial charge is 0.292 e. The molecule has 8 rings (SSSR count). The highest BCUT2D eigenvalue weighted by Crippen LogP contribution is 2.61. The van der Waals surface area contributed by atoms with Crippen molar-refractivity contribution in [3.63, 3.8) is 0 Å². The van der Waals surface area contributed by atoms with Crippen LogP contribution in [0.25, 0.3) is 0 Å². The molecule has 4 aromatic carbocycles. The summed E-state index contributed by atoms with van der Waals surface area (Å²) in [6, 6.07) is 24.6. The molecule has 0 unspecified atom stereocenters. The van der Waals surface area contributed by atoms with Gasteiger partial charge in [-0.3, -0.25) is 39.4 Å². The molecule has 2 bridgehead atoms. The second kappa shape index (κ2) is 10.3. The maximum absolute atomic E-state index is 14.4. The van der Waals surface area contributed by atoms with Crippen LogP contribution in [0.2, 0.25) is 0 Å². The van der Waals surface area contributed by atoms with E-state index in [0.717, 1.165) is 56.5 Å². The number of hydrogen-bond donors (Lipinski definition) is 0. The molecular weight excluding hydrogens is 580 g/mol. The van der Waals surface area contributed by atoms with E-state index < -0.39 is 63.6 Å². The molecule has 4 aromatic rings. The zero-order valence-electron chi connectivity index (χ0n) is 23.3. The molecule has 3 aliphatic carbocycles. The van der Waals surface area contributed by atoms with Crippen LogP contribution >= 0.6 is 0 Å². The first-order valence-electron chi connectivity index (χ1n) is 14.1. The summed E-state index contributed by atoms with van der Waals surface area (Å²) < 4.78 is 0. The van der Waals surface area contributed by atoms with E-state index in [1.165, 1.54) is 24.3 Å². The highest BCUT2D eigenvalue weighted by atomic mass is 16.6. The fourth-order valence-electron chi connectivity index (χ4n) is 7.00. The maximum atomic E-state index is 14.4. The van der Waals surface area contributed by atoms with Crippen LogP contribution in [0.4, 0.5) is 11.4 Å². The second-order valence-corrected chi connectivity index (χ2v) is 11.1. The summed E-state index contributed by atoms with van der Waals surface area (Å²) in [6.07, 6.45) is 0. The molecule has 12 nitrogen and oxygen atoms in total. The molecule has 2 atom stereocenters. The van der Waals surface area contributed by atoms with Gasteiger partial charge in [0.05, 0.1) is 21.7 Å². The molecule has 45 heavy (non-hydrogen) atoms. The van der Waals surface area contributed by atoms with Gasteiger partial charge in [0.15, 0.2) is 5.78 Å². The third kappa shape index (κ3) is 4.21. The van der Waals surface area contributed by atoms with Crippen molar-refractivity contribution in [1.82, 2.24) is 10.0 Å². The predicted octanol–water partition coefficient (Wildman–Crippen LogP) is 4.64. The Bertz CT molecular complexity index is 1840. The number of carbonyl (C=O) groups excluding carboxylic acids is 4. The number of ketones is 1. The molecule has 1 fully saturated rings. The summed E-state index contributed by atoms with van der Waals surface area (Å²) in [6.45, 7) is -0.736. The van der Waals surface area contributed by atoms with Crippen molar-refractivity contribution in [2.75, 3.05) is 6.54 Å². The zero-order valence-corrected chi connectivity index (χ0v) is 23.3. The van der Waals surface area contributed by atoms with E-state index in [2.05, 4.69) is 0 Å². The van der Waals surface area contributed by atoms with E-state index in [1.807, 2.05) is 48.5 Å². The van der Waals surface area contributed by atoms with Gasteiger partial charge in [-0.25, -0.2) is 5.01 Å². The number of carbonyl (C=O) groups is 4. The minimum atomic E-state index is -0.886. The highest BCUT2D eigenvalue weighted by Gasteiger charge is 2.63. The molecule has 0 saturated carbocycles. The molecule has 12 heteroatoms. The van der Waals surface area contributed by atoms with Gasteiger partial charge in [0.2, 0.25) is 0 Å². The van der Waals surface area contributed by atoms with E-state index in [-0.39, 0.29) is 22.5 Å². The number of nitrogens with zero attached hydrogens (tertiary/aromatic N) is 4. The Morgan fingerprint density at radius 3 is 1.38 bits per heavy atom. The van der Waals surface area contributed by atoms with Crippen molar-refractivity contribution in [3.05, 3.63) is 151 Å². The minimum Gasteiger partial charge on any atom is -0.292 e. The van der Waals surface area contributed by atoms with Gasteiger partial charge >= 0.3 is 0 Å². The van der Waals surface area contributed by atoms with E-state index in [1.54, 1.807) is 0 Å². The zero-order chi connectivity index (χ0) is 31.6. The fraction of sp³-hybridized carbons (Fsp3) is 0.152. The Labute approximate surface area is 254 Å². The fourth-order valence-corrected chi connectivity index (χ4v) is 7.00. The van der Waals surface area contributed by atoms with Gasteiger partial charge in [-0.2, -0.15) is 5.01 Å². The molecule has 3 amide bonds. The van der Waals surface area contributed by atoms with Gasteiger partial charge in [0, 0.05) is 47.2 Å². The van der Waals surface area contributed by atoms with E-state index in [0.29, 0.717) is 0 Å². The number of Topliss-reactive ketones (excluding diaryl/α,β-unsaturated/α-hetero) is 1. The molecule has 0 spiro atoms. The Morgan fingerprint density at radius 2 is 1.00 bits per heavy atom. The Kier molecular flexibility index (Phi) is 6.36. The third-order valence-corrected chi connectivity index (χ3v) is 8.92. The summed E-state index contributed by atoms with van der Waals surface area (Å²) >= 11 is 0. The van der Waals surface area contributed by atoms with Crippen molar-refractivity contribution < 1.29 is 29.0 Å². The van der Waals surface area contributed by atoms with Crippen LogP contribution in [0.1, 0.15) is 54.8 Å². The number of benzene rings is 4. The summed E-state index contributed by atoms with van der Waals surface area (Å²) in [4.78, 5) is 77.3. The molecule has 1 saturated heterocycles. The SMILES string of the molecule is O=C(CN(C(=O)c1ccc([N+](=O)[O-])cc1)N1C(=O)[C@@H]2C3c4ccccc4C(c4ccccc43)[C@H]2C1=O)c1ccc([N+](=O)[O-])cc1. The van der Waals surface area contributed by atoms with Crippen LogP contribution < -0.4 is 0 Å². The van der Waals surface area contributed by atoms with Crippen molar-refractivity contribution in [3.8, 4) is 0 Å². The minimum absolute atomic E-state index is 0.0264. The topological polar surface area (TPSA) is 161 Å². The van der Waals surface area contributed by atoms with E-state index in [9.17, 15) is 39.4 Å². The summed E-state index contributed by atoms with van der Waals surface area (Å²) in [5.74, 6) is -5.37. The lowest BCUT2D eigenvalue weighted by Gasteiger charge is -2.45. The van der Waals surface area contributed by atoms with Crippen LogP contribution in [0, 0.1) is 32.1 Å². The first kappa shape index (κ1) is 27.8. The molecular formula is C33H22N4O8. The van der Waals surface area contributed by atoms with Crippen LogP contribution in [-0.2, 0) is 9.59 Å². The van der Waals surface area contributed by atoms with Gasteiger partial charge in [-0.15, -0.1) is 0 Å². The van der Waals surface area contributed by atoms with E-state index in [4.69, 9.17) is 0 Å². The first-order chi connectivity index (χ1) is 21.7. The molecule has 0 aromatic heterocycles. The summed E-state index contributed by atoms with van der Waals surface area (Å²) in [7, 11) is 0. The lowest BCUT2D eigenvalue weighted by molar-refractivity contribution is -0.385. The number of hydrogen-bond acceptors (Lipinski definition) is 8. The number of nitro groups is 2.